The number of rotatable bonds is 5. The molecule has 7 heteroatoms. The lowest BCUT2D eigenvalue weighted by Gasteiger charge is -2.46. The maximum Gasteiger partial charge on any atom is 0.254 e. The quantitative estimate of drug-likeness (QED) is 0.613. The average molecular weight is 403 g/mol. The second kappa shape index (κ2) is 7.47. The Balaban J connectivity index is 1.36. The first-order valence-corrected chi connectivity index (χ1v) is 11.0. The summed E-state index contributed by atoms with van der Waals surface area (Å²) in [6, 6.07) is 12.9. The summed E-state index contributed by atoms with van der Waals surface area (Å²) in [4.78, 5) is 16.7. The van der Waals surface area contributed by atoms with Gasteiger partial charge in [-0.3, -0.25) is 4.99 Å². The summed E-state index contributed by atoms with van der Waals surface area (Å²) < 4.78 is 7.31. The maximum atomic E-state index is 5.35. The van der Waals surface area contributed by atoms with Crippen LogP contribution in [0.4, 0.5) is 5.82 Å². The molecule has 0 unspecified atom stereocenters. The van der Waals surface area contributed by atoms with Crippen LogP contribution in [-0.4, -0.2) is 51.6 Å². The van der Waals surface area contributed by atoms with E-state index in [1.54, 1.807) is 0 Å². The highest BCUT2D eigenvalue weighted by Gasteiger charge is 2.35. The lowest BCUT2D eigenvalue weighted by atomic mass is 9.80. The lowest BCUT2D eigenvalue weighted by Crippen LogP contribution is -2.49. The predicted molar refractivity (Wildman–Crippen MR) is 115 cm³/mol. The van der Waals surface area contributed by atoms with E-state index in [1.165, 1.54) is 25.7 Å². The number of anilines is 1. The fourth-order valence-electron chi connectivity index (χ4n) is 4.89. The number of nitrogens with zero attached hydrogens (tertiary/aromatic N) is 6. The average Bonchev–Trinajstić information content (AvgIpc) is 3.16. The molecule has 1 aromatic carbocycles. The highest BCUT2D eigenvalue weighted by Crippen LogP contribution is 2.38. The van der Waals surface area contributed by atoms with E-state index in [1.807, 2.05) is 28.9 Å². The minimum Gasteiger partial charge on any atom is -0.380 e. The van der Waals surface area contributed by atoms with Crippen molar-refractivity contribution in [3.05, 3.63) is 53.5 Å². The number of benzene rings is 1. The zero-order valence-electron chi connectivity index (χ0n) is 17.0. The molecule has 2 aromatic heterocycles. The Morgan fingerprint density at radius 1 is 1.07 bits per heavy atom. The third-order valence-electron chi connectivity index (χ3n) is 6.67. The summed E-state index contributed by atoms with van der Waals surface area (Å²) in [6.45, 7) is 3.05. The van der Waals surface area contributed by atoms with Crippen LogP contribution in [0.15, 0.2) is 41.4 Å². The molecular weight excluding hydrogens is 376 g/mol. The van der Waals surface area contributed by atoms with Crippen LogP contribution < -0.4 is 4.90 Å². The van der Waals surface area contributed by atoms with Gasteiger partial charge in [-0.2, -0.15) is 9.50 Å². The molecule has 0 radical (unpaired) electrons. The second-order valence-corrected chi connectivity index (χ2v) is 8.73. The van der Waals surface area contributed by atoms with E-state index in [0.29, 0.717) is 31.6 Å². The number of hydrogen-bond acceptors (Lipinski definition) is 6. The van der Waals surface area contributed by atoms with Crippen LogP contribution >= 0.6 is 0 Å². The summed E-state index contributed by atoms with van der Waals surface area (Å²) in [6.07, 6.45) is 7.16. The van der Waals surface area contributed by atoms with Crippen molar-refractivity contribution in [3.63, 3.8) is 0 Å². The molecule has 30 heavy (non-hydrogen) atoms. The van der Waals surface area contributed by atoms with Gasteiger partial charge in [0, 0.05) is 24.9 Å². The van der Waals surface area contributed by atoms with Gasteiger partial charge in [-0.25, -0.2) is 4.98 Å². The molecule has 4 fully saturated rings. The minimum atomic E-state index is 0.289. The molecule has 2 bridgehead atoms. The summed E-state index contributed by atoms with van der Waals surface area (Å²) in [5.41, 5.74) is 2.04. The molecule has 0 atom stereocenters. The van der Waals surface area contributed by atoms with Gasteiger partial charge in [-0.05, 0) is 37.2 Å². The first-order valence-electron chi connectivity index (χ1n) is 11.0. The fourth-order valence-corrected chi connectivity index (χ4v) is 4.89. The van der Waals surface area contributed by atoms with Crippen LogP contribution in [0, 0.1) is 5.92 Å². The number of ether oxygens (including phenoxy) is 1. The second-order valence-electron chi connectivity index (χ2n) is 8.73. The molecule has 5 heterocycles. The van der Waals surface area contributed by atoms with Gasteiger partial charge in [-0.15, -0.1) is 5.10 Å². The maximum absolute atomic E-state index is 5.35. The van der Waals surface area contributed by atoms with Gasteiger partial charge in [-0.1, -0.05) is 30.3 Å². The van der Waals surface area contributed by atoms with E-state index < -0.39 is 0 Å². The third kappa shape index (κ3) is 3.27. The van der Waals surface area contributed by atoms with Crippen molar-refractivity contribution >= 4 is 17.8 Å². The highest BCUT2D eigenvalue weighted by atomic mass is 16.5. The van der Waals surface area contributed by atoms with Gasteiger partial charge in [0.15, 0.2) is 5.82 Å². The van der Waals surface area contributed by atoms with Crippen molar-refractivity contribution in [2.45, 2.75) is 44.2 Å². The molecular formula is C23H26N6O. The molecule has 154 valence electrons. The first kappa shape index (κ1) is 18.0. The van der Waals surface area contributed by atoms with Gasteiger partial charge < -0.3 is 9.64 Å². The van der Waals surface area contributed by atoms with Crippen LogP contribution in [0.2, 0.25) is 0 Å². The molecule has 3 aliphatic heterocycles. The zero-order valence-corrected chi connectivity index (χ0v) is 17.0. The Hall–Kier alpha value is -2.80. The summed E-state index contributed by atoms with van der Waals surface area (Å²) in [5, 5.41) is 4.85. The third-order valence-corrected chi connectivity index (χ3v) is 6.67. The van der Waals surface area contributed by atoms with Crippen molar-refractivity contribution in [2.75, 3.05) is 24.7 Å². The predicted octanol–water partition coefficient (Wildman–Crippen LogP) is 3.24. The van der Waals surface area contributed by atoms with Gasteiger partial charge in [0.2, 0.25) is 0 Å². The van der Waals surface area contributed by atoms with E-state index in [0.717, 1.165) is 35.4 Å². The molecule has 4 aliphatic rings. The van der Waals surface area contributed by atoms with Crippen LogP contribution in [0.3, 0.4) is 0 Å². The summed E-state index contributed by atoms with van der Waals surface area (Å²) in [7, 11) is 0. The number of aromatic nitrogens is 4. The Morgan fingerprint density at radius 2 is 1.90 bits per heavy atom. The Bertz CT molecular complexity index is 1070. The molecule has 0 N–H and O–H groups in total. The molecule has 1 aliphatic carbocycles. The highest BCUT2D eigenvalue weighted by molar-refractivity contribution is 5.79. The van der Waals surface area contributed by atoms with Crippen LogP contribution in [0.1, 0.15) is 48.7 Å². The number of fused-ring (bicyclic) bond motifs is 4. The lowest BCUT2D eigenvalue weighted by molar-refractivity contribution is 0.00496. The standard InChI is InChI=1S/C23H26N6O/c1-2-4-16(5-3-1)11-24-12-19-10-21(28-13-17-6-8-20(28)9-7-17)29-23(25-19)26-22(27-29)18-14-30-15-18/h1-5,10-11,17-18,20H,6-9,12-15H2. The first-order chi connectivity index (χ1) is 14.8. The van der Waals surface area contributed by atoms with Crippen molar-refractivity contribution in [1.82, 2.24) is 19.6 Å². The van der Waals surface area contributed by atoms with Crippen molar-refractivity contribution in [1.29, 1.82) is 0 Å². The van der Waals surface area contributed by atoms with Gasteiger partial charge in [0.1, 0.15) is 5.82 Å². The van der Waals surface area contributed by atoms with Crippen molar-refractivity contribution in [2.24, 2.45) is 10.9 Å². The zero-order chi connectivity index (χ0) is 19.9. The van der Waals surface area contributed by atoms with Crippen molar-refractivity contribution in [3.8, 4) is 0 Å². The molecule has 3 saturated heterocycles. The number of hydrogen-bond donors (Lipinski definition) is 0. The molecule has 1 saturated carbocycles. The monoisotopic (exact) mass is 402 g/mol. The van der Waals surface area contributed by atoms with E-state index in [2.05, 4.69) is 28.1 Å². The van der Waals surface area contributed by atoms with E-state index in [4.69, 9.17) is 19.8 Å². The SMILES string of the molecule is C(=NCc1cc(N2CC3CCC2CC3)n2nc(C3COC3)nc2n1)c1ccccc1. The molecule has 3 aromatic rings. The molecule has 0 amide bonds. The van der Waals surface area contributed by atoms with Gasteiger partial charge in [0.25, 0.3) is 5.78 Å². The van der Waals surface area contributed by atoms with Crippen LogP contribution in [0.25, 0.3) is 5.78 Å². The van der Waals surface area contributed by atoms with Crippen LogP contribution in [0.5, 0.6) is 0 Å². The summed E-state index contributed by atoms with van der Waals surface area (Å²) >= 11 is 0. The molecule has 0 spiro atoms. The summed E-state index contributed by atoms with van der Waals surface area (Å²) in [5.74, 6) is 3.74. The Kier molecular flexibility index (Phi) is 4.48. The molecule has 7 nitrogen and oxygen atoms in total. The topological polar surface area (TPSA) is 67.9 Å². The number of aliphatic imine (C=N–C) groups is 1. The molecule has 7 rings (SSSR count). The van der Waals surface area contributed by atoms with Crippen LogP contribution in [-0.2, 0) is 11.3 Å². The Morgan fingerprint density at radius 3 is 2.60 bits per heavy atom. The van der Waals surface area contributed by atoms with Crippen molar-refractivity contribution < 1.29 is 4.74 Å². The van der Waals surface area contributed by atoms with E-state index >= 15 is 0 Å². The van der Waals surface area contributed by atoms with Gasteiger partial charge >= 0.3 is 0 Å². The largest absolute Gasteiger partial charge is 0.380 e. The Labute approximate surface area is 175 Å². The minimum absolute atomic E-state index is 0.289. The van der Waals surface area contributed by atoms with E-state index in [-0.39, 0.29) is 5.92 Å². The van der Waals surface area contributed by atoms with Gasteiger partial charge in [0.05, 0.1) is 31.4 Å². The van der Waals surface area contributed by atoms with E-state index in [9.17, 15) is 0 Å². The fraction of sp³-hybridized carbons (Fsp3) is 0.478. The normalized spacial score (nSPS) is 24.1. The smallest absolute Gasteiger partial charge is 0.254 e. The number of piperidine rings is 2.